The van der Waals surface area contributed by atoms with Crippen molar-refractivity contribution in [1.29, 1.82) is 0 Å². The maximum Gasteiger partial charge on any atom is 0.240 e. The highest BCUT2D eigenvalue weighted by molar-refractivity contribution is 7.89. The van der Waals surface area contributed by atoms with E-state index in [9.17, 15) is 8.42 Å². The highest BCUT2D eigenvalue weighted by atomic mass is 35.5. The molecule has 118 valence electrons. The molecule has 1 aromatic carbocycles. The van der Waals surface area contributed by atoms with Crippen LogP contribution in [0.25, 0.3) is 0 Å². The van der Waals surface area contributed by atoms with Gasteiger partial charge in [0.05, 0.1) is 17.0 Å². The highest BCUT2D eigenvalue weighted by Crippen LogP contribution is 2.26. The molecule has 0 radical (unpaired) electrons. The van der Waals surface area contributed by atoms with Crippen molar-refractivity contribution in [3.8, 4) is 5.75 Å². The van der Waals surface area contributed by atoms with Gasteiger partial charge in [-0.1, -0.05) is 17.7 Å². The summed E-state index contributed by atoms with van der Waals surface area (Å²) in [5, 5.41) is 0.265. The molecule has 0 saturated heterocycles. The predicted octanol–water partition coefficient (Wildman–Crippen LogP) is 2.65. The fraction of sp³-hybridized carbons (Fsp3) is 0.267. The van der Waals surface area contributed by atoms with Crippen molar-refractivity contribution in [2.75, 3.05) is 13.7 Å². The maximum atomic E-state index is 12.2. The molecule has 22 heavy (non-hydrogen) atoms. The Morgan fingerprint density at radius 1 is 1.32 bits per heavy atom. The lowest BCUT2D eigenvalue weighted by atomic mass is 10.2. The van der Waals surface area contributed by atoms with Gasteiger partial charge in [-0.3, -0.25) is 4.98 Å². The number of aryl methyl sites for hydroxylation is 1. The first-order valence-corrected chi connectivity index (χ1v) is 8.61. The molecule has 0 saturated carbocycles. The molecule has 7 heteroatoms. The van der Waals surface area contributed by atoms with Crippen molar-refractivity contribution in [2.24, 2.45) is 0 Å². The van der Waals surface area contributed by atoms with Crippen LogP contribution in [0.15, 0.2) is 47.6 Å². The molecule has 0 atom stereocenters. The zero-order valence-electron chi connectivity index (χ0n) is 12.1. The molecule has 5 nitrogen and oxygen atoms in total. The van der Waals surface area contributed by atoms with Gasteiger partial charge in [-0.15, -0.1) is 0 Å². The Morgan fingerprint density at radius 2 is 2.14 bits per heavy atom. The average Bonchev–Trinajstić information content (AvgIpc) is 2.52. The van der Waals surface area contributed by atoms with Gasteiger partial charge in [0.25, 0.3) is 0 Å². The smallest absolute Gasteiger partial charge is 0.240 e. The van der Waals surface area contributed by atoms with Crippen LogP contribution in [0.1, 0.15) is 12.0 Å². The molecule has 0 spiro atoms. The van der Waals surface area contributed by atoms with E-state index in [1.807, 2.05) is 12.1 Å². The number of pyridine rings is 1. The average molecular weight is 341 g/mol. The molecule has 1 heterocycles. The summed E-state index contributed by atoms with van der Waals surface area (Å²) in [5.41, 5.74) is 1.08. The van der Waals surface area contributed by atoms with E-state index in [-0.39, 0.29) is 9.92 Å². The van der Waals surface area contributed by atoms with Crippen molar-refractivity contribution in [3.63, 3.8) is 0 Å². The molecule has 0 bridgehead atoms. The fourth-order valence-electron chi connectivity index (χ4n) is 1.94. The van der Waals surface area contributed by atoms with Gasteiger partial charge < -0.3 is 4.74 Å². The maximum absolute atomic E-state index is 12.2. The first kappa shape index (κ1) is 16.7. The van der Waals surface area contributed by atoms with E-state index in [1.165, 1.54) is 25.3 Å². The Kier molecular flexibility index (Phi) is 5.76. The second-order valence-corrected chi connectivity index (χ2v) is 6.83. The molecule has 0 unspecified atom stereocenters. The van der Waals surface area contributed by atoms with Gasteiger partial charge >= 0.3 is 0 Å². The second kappa shape index (κ2) is 7.58. The first-order chi connectivity index (χ1) is 10.5. The number of sulfonamides is 1. The molecule has 0 aliphatic carbocycles. The third kappa shape index (κ3) is 4.43. The number of nitrogens with zero attached hydrogens (tertiary/aromatic N) is 1. The van der Waals surface area contributed by atoms with E-state index < -0.39 is 10.0 Å². The van der Waals surface area contributed by atoms with Gasteiger partial charge in [-0.25, -0.2) is 13.1 Å². The van der Waals surface area contributed by atoms with Gasteiger partial charge in [0, 0.05) is 18.9 Å². The van der Waals surface area contributed by atoms with Gasteiger partial charge in [-0.2, -0.15) is 0 Å². The molecular weight excluding hydrogens is 324 g/mol. The lowest BCUT2D eigenvalue weighted by molar-refractivity contribution is 0.414. The molecule has 2 aromatic rings. The zero-order chi connectivity index (χ0) is 16.0. The molecule has 2 rings (SSSR count). The molecule has 1 N–H and O–H groups in total. The van der Waals surface area contributed by atoms with Crippen molar-refractivity contribution in [3.05, 3.63) is 53.3 Å². The van der Waals surface area contributed by atoms with Crippen molar-refractivity contribution < 1.29 is 13.2 Å². The Morgan fingerprint density at radius 3 is 2.77 bits per heavy atom. The van der Waals surface area contributed by atoms with Gasteiger partial charge in [0.15, 0.2) is 0 Å². The zero-order valence-corrected chi connectivity index (χ0v) is 13.7. The Bertz CT molecular complexity index is 721. The fourth-order valence-corrected chi connectivity index (χ4v) is 3.36. The molecule has 1 aromatic heterocycles. The van der Waals surface area contributed by atoms with Crippen molar-refractivity contribution in [2.45, 2.75) is 17.7 Å². The molecule has 0 aliphatic heterocycles. The SMILES string of the molecule is COc1ccc(S(=O)(=O)NCCCc2cccnc2)cc1Cl. The summed E-state index contributed by atoms with van der Waals surface area (Å²) >= 11 is 5.95. The Labute approximate surface area is 135 Å². The minimum atomic E-state index is -3.57. The van der Waals surface area contributed by atoms with Gasteiger partial charge in [-0.05, 0) is 42.7 Å². The number of benzene rings is 1. The Hall–Kier alpha value is -1.63. The molecular formula is C15H17ClN2O3S. The summed E-state index contributed by atoms with van der Waals surface area (Å²) in [4.78, 5) is 4.15. The summed E-state index contributed by atoms with van der Waals surface area (Å²) in [6, 6.07) is 8.20. The largest absolute Gasteiger partial charge is 0.495 e. The quantitative estimate of drug-likeness (QED) is 0.787. The van der Waals surface area contributed by atoms with Gasteiger partial charge in [0.2, 0.25) is 10.0 Å². The summed E-state index contributed by atoms with van der Waals surface area (Å²) < 4.78 is 31.9. The molecule has 0 amide bonds. The number of aromatic nitrogens is 1. The van der Waals surface area contributed by atoms with E-state index in [4.69, 9.17) is 16.3 Å². The third-order valence-electron chi connectivity index (χ3n) is 3.09. The first-order valence-electron chi connectivity index (χ1n) is 6.75. The van der Waals surface area contributed by atoms with Crippen LogP contribution in [0, 0.1) is 0 Å². The van der Waals surface area contributed by atoms with Crippen molar-refractivity contribution >= 4 is 21.6 Å². The minimum absolute atomic E-state index is 0.125. The lowest BCUT2D eigenvalue weighted by Gasteiger charge is -2.09. The number of ether oxygens (including phenoxy) is 1. The summed E-state index contributed by atoms with van der Waals surface area (Å²) in [5.74, 6) is 0.442. The summed E-state index contributed by atoms with van der Waals surface area (Å²) in [7, 11) is -2.09. The number of hydrogen-bond donors (Lipinski definition) is 1. The van der Waals surface area contributed by atoms with E-state index in [0.717, 1.165) is 12.0 Å². The molecule has 0 fully saturated rings. The highest BCUT2D eigenvalue weighted by Gasteiger charge is 2.15. The standard InChI is InChI=1S/C15H17ClN2O3S/c1-21-15-7-6-13(10-14(15)16)22(19,20)18-9-3-5-12-4-2-8-17-11-12/h2,4,6-8,10-11,18H,3,5,9H2,1H3. The van der Waals surface area contributed by atoms with Crippen LogP contribution < -0.4 is 9.46 Å². The number of methoxy groups -OCH3 is 1. The van der Waals surface area contributed by atoms with Crippen LogP contribution in [0.4, 0.5) is 0 Å². The van der Waals surface area contributed by atoms with Crippen LogP contribution in [0.5, 0.6) is 5.75 Å². The Balaban J connectivity index is 1.92. The van der Waals surface area contributed by atoms with E-state index in [1.54, 1.807) is 12.4 Å². The second-order valence-electron chi connectivity index (χ2n) is 4.66. The minimum Gasteiger partial charge on any atom is -0.495 e. The summed E-state index contributed by atoms with van der Waals surface area (Å²) in [6.07, 6.45) is 4.94. The predicted molar refractivity (Wildman–Crippen MR) is 85.8 cm³/mol. The topological polar surface area (TPSA) is 68.3 Å². The lowest BCUT2D eigenvalue weighted by Crippen LogP contribution is -2.25. The number of nitrogens with one attached hydrogen (secondary N) is 1. The van der Waals surface area contributed by atoms with Crippen LogP contribution in [-0.4, -0.2) is 27.1 Å². The number of halogens is 1. The third-order valence-corrected chi connectivity index (χ3v) is 4.84. The van der Waals surface area contributed by atoms with Crippen LogP contribution in [0.3, 0.4) is 0 Å². The van der Waals surface area contributed by atoms with E-state index in [2.05, 4.69) is 9.71 Å². The monoisotopic (exact) mass is 340 g/mol. The van der Waals surface area contributed by atoms with Crippen LogP contribution in [-0.2, 0) is 16.4 Å². The van der Waals surface area contributed by atoms with E-state index in [0.29, 0.717) is 18.7 Å². The number of rotatable bonds is 7. The van der Waals surface area contributed by atoms with Crippen LogP contribution >= 0.6 is 11.6 Å². The normalized spacial score (nSPS) is 11.4. The summed E-state index contributed by atoms with van der Waals surface area (Å²) in [6.45, 7) is 0.348. The van der Waals surface area contributed by atoms with E-state index >= 15 is 0 Å². The molecule has 0 aliphatic rings. The van der Waals surface area contributed by atoms with Crippen molar-refractivity contribution in [1.82, 2.24) is 9.71 Å². The van der Waals surface area contributed by atoms with Gasteiger partial charge in [0.1, 0.15) is 5.75 Å². The number of hydrogen-bond acceptors (Lipinski definition) is 4. The van der Waals surface area contributed by atoms with Crippen LogP contribution in [0.2, 0.25) is 5.02 Å².